The second kappa shape index (κ2) is 27.8. The summed E-state index contributed by atoms with van der Waals surface area (Å²) in [6.07, 6.45) is 17.3. The van der Waals surface area contributed by atoms with E-state index in [4.69, 9.17) is 19.0 Å². The Morgan fingerprint density at radius 1 is 1.00 bits per heavy atom. The number of likely N-dealkylation sites (tertiary alicyclic amines) is 2. The van der Waals surface area contributed by atoms with Crippen LogP contribution in [0, 0.1) is 35.5 Å². The van der Waals surface area contributed by atoms with Crippen molar-refractivity contribution in [2.75, 3.05) is 47.0 Å². The lowest BCUT2D eigenvalue weighted by Gasteiger charge is -2.40. The zero-order valence-electron chi connectivity index (χ0n) is 40.8. The van der Waals surface area contributed by atoms with Gasteiger partial charge >= 0.3 is 5.97 Å². The van der Waals surface area contributed by atoms with Gasteiger partial charge in [0.25, 0.3) is 5.91 Å². The van der Waals surface area contributed by atoms with E-state index < -0.39 is 54.4 Å². The standard InChI is InChI=1S/C51H83N3O10/c1-12-18-43(55)35(5)21-22-42(52-63-32-46(56)54-27-23-40(24-28-54)53-25-15-14-16-26-53)38(8)49(59)39(9)50-44(61-10)20-17-19-33(3)29-36(6)47(57)41(13-2)48(58)37(7)30-34(4)31-45(62-11)51(60)64-50/h12,17-22,30-31,35-41,43-44,47-50,55,57-59H,13-16,23-29,32H2,1-11H3. The zero-order chi connectivity index (χ0) is 47.5. The van der Waals surface area contributed by atoms with E-state index in [2.05, 4.69) is 10.1 Å². The summed E-state index contributed by atoms with van der Waals surface area (Å²) in [5.41, 5.74) is 1.98. The number of aliphatic hydroxyl groups excluding tert-OH is 4. The number of carbonyl (C=O) groups is 2. The number of cyclic esters (lactones) is 1. The van der Waals surface area contributed by atoms with Crippen LogP contribution in [-0.4, -0.2) is 137 Å². The van der Waals surface area contributed by atoms with Crippen LogP contribution in [0.15, 0.2) is 76.7 Å². The Bertz CT molecular complexity index is 1660. The Hall–Kier alpha value is -3.59. The maximum absolute atomic E-state index is 14.0. The van der Waals surface area contributed by atoms with Crippen molar-refractivity contribution in [3.05, 3.63) is 71.6 Å². The first-order chi connectivity index (χ1) is 30.5. The van der Waals surface area contributed by atoms with Gasteiger partial charge in [-0.2, -0.15) is 0 Å². The van der Waals surface area contributed by atoms with Gasteiger partial charge in [-0.25, -0.2) is 4.79 Å². The number of piperidine rings is 2. The lowest BCUT2D eigenvalue weighted by molar-refractivity contribution is -0.161. The van der Waals surface area contributed by atoms with E-state index >= 15 is 0 Å². The molecule has 0 aromatic carbocycles. The Balaban J connectivity index is 1.95. The van der Waals surface area contributed by atoms with Crippen molar-refractivity contribution < 1.29 is 49.1 Å². The van der Waals surface area contributed by atoms with Crippen LogP contribution in [0.5, 0.6) is 0 Å². The van der Waals surface area contributed by atoms with Crippen molar-refractivity contribution in [1.29, 1.82) is 0 Å². The molecule has 12 unspecified atom stereocenters. The lowest BCUT2D eigenvalue weighted by Crippen LogP contribution is -2.48. The van der Waals surface area contributed by atoms with Crippen molar-refractivity contribution in [2.45, 2.75) is 150 Å². The fourth-order valence-corrected chi connectivity index (χ4v) is 9.31. The summed E-state index contributed by atoms with van der Waals surface area (Å²) in [4.78, 5) is 37.5. The van der Waals surface area contributed by atoms with Gasteiger partial charge in [0, 0.05) is 55.8 Å². The van der Waals surface area contributed by atoms with Gasteiger partial charge in [0.05, 0.1) is 37.2 Å². The molecule has 4 N–H and O–H groups in total. The highest BCUT2D eigenvalue weighted by Gasteiger charge is 2.38. The molecule has 0 radical (unpaired) electrons. The number of hydrogen-bond donors (Lipinski definition) is 4. The molecule has 0 saturated carbocycles. The maximum Gasteiger partial charge on any atom is 0.373 e. The van der Waals surface area contributed by atoms with Crippen LogP contribution in [0.2, 0.25) is 0 Å². The van der Waals surface area contributed by atoms with Crippen molar-refractivity contribution in [3.8, 4) is 0 Å². The van der Waals surface area contributed by atoms with Crippen molar-refractivity contribution in [1.82, 2.24) is 9.80 Å². The highest BCUT2D eigenvalue weighted by atomic mass is 16.6. The van der Waals surface area contributed by atoms with E-state index in [1.807, 2.05) is 64.7 Å². The molecule has 0 bridgehead atoms. The number of hydrogen-bond acceptors (Lipinski definition) is 12. The van der Waals surface area contributed by atoms with Crippen LogP contribution < -0.4 is 0 Å². The number of carbonyl (C=O) groups excluding carboxylic acids is 2. The first kappa shape index (κ1) is 54.7. The second-order valence-corrected chi connectivity index (χ2v) is 18.6. The SMILES string of the molecule is CC=CC(O)C(C)C=CC(=NOCC(=O)N1CCC(N2CCCCC2)CC1)C(C)C(O)C(C)C1OC(=O)C(OC)=CC(C)=CC(C)C(O)C(CC)C(O)C(C)CC(C)=CC=CC1OC. The largest absolute Gasteiger partial charge is 0.490 e. The van der Waals surface area contributed by atoms with Gasteiger partial charge in [-0.3, -0.25) is 4.79 Å². The predicted molar refractivity (Wildman–Crippen MR) is 253 cm³/mol. The van der Waals surface area contributed by atoms with Crippen molar-refractivity contribution >= 4 is 17.6 Å². The molecule has 3 aliphatic heterocycles. The van der Waals surface area contributed by atoms with Gasteiger partial charge in [0.15, 0.2) is 6.61 Å². The number of esters is 1. The molecule has 0 aromatic rings. The molecule has 2 saturated heterocycles. The summed E-state index contributed by atoms with van der Waals surface area (Å²) < 4.78 is 17.7. The third-order valence-corrected chi connectivity index (χ3v) is 13.6. The molecule has 64 heavy (non-hydrogen) atoms. The summed E-state index contributed by atoms with van der Waals surface area (Å²) >= 11 is 0. The van der Waals surface area contributed by atoms with Gasteiger partial charge in [-0.05, 0) is 90.5 Å². The minimum Gasteiger partial charge on any atom is -0.490 e. The van der Waals surface area contributed by atoms with Crippen LogP contribution in [-0.2, 0) is 28.6 Å². The molecule has 3 rings (SSSR count). The molecule has 13 nitrogen and oxygen atoms in total. The van der Waals surface area contributed by atoms with E-state index in [-0.39, 0.29) is 41.9 Å². The first-order valence-corrected chi connectivity index (χ1v) is 23.7. The summed E-state index contributed by atoms with van der Waals surface area (Å²) in [6, 6.07) is 0.500. The molecule has 3 aliphatic rings. The van der Waals surface area contributed by atoms with Gasteiger partial charge in [0.2, 0.25) is 5.76 Å². The molecule has 1 amide bonds. The van der Waals surface area contributed by atoms with E-state index in [0.717, 1.165) is 31.5 Å². The van der Waals surface area contributed by atoms with Crippen LogP contribution in [0.4, 0.5) is 0 Å². The fourth-order valence-electron chi connectivity index (χ4n) is 9.31. The number of amides is 1. The number of oxime groups is 1. The smallest absolute Gasteiger partial charge is 0.373 e. The number of aliphatic hydroxyl groups is 4. The van der Waals surface area contributed by atoms with Gasteiger partial charge < -0.3 is 49.3 Å². The lowest BCUT2D eigenvalue weighted by atomic mass is 9.79. The molecule has 0 aliphatic carbocycles. The summed E-state index contributed by atoms with van der Waals surface area (Å²) in [5.74, 6) is -3.63. The molecule has 0 spiro atoms. The van der Waals surface area contributed by atoms with Gasteiger partial charge in [0.1, 0.15) is 12.2 Å². The number of methoxy groups -OCH3 is 2. The monoisotopic (exact) mass is 898 g/mol. The van der Waals surface area contributed by atoms with Crippen LogP contribution >= 0.6 is 0 Å². The van der Waals surface area contributed by atoms with Gasteiger partial charge in [-0.15, -0.1) is 0 Å². The van der Waals surface area contributed by atoms with E-state index in [1.54, 1.807) is 57.2 Å². The molecule has 12 atom stereocenters. The number of nitrogens with zero attached hydrogens (tertiary/aromatic N) is 3. The second-order valence-electron chi connectivity index (χ2n) is 18.6. The molecule has 3 heterocycles. The van der Waals surface area contributed by atoms with Crippen LogP contribution in [0.25, 0.3) is 0 Å². The Kier molecular flexibility index (Phi) is 23.8. The van der Waals surface area contributed by atoms with Crippen LogP contribution in [0.1, 0.15) is 107 Å². The van der Waals surface area contributed by atoms with E-state index in [9.17, 15) is 30.0 Å². The number of ether oxygens (including phenoxy) is 3. The Morgan fingerprint density at radius 3 is 2.28 bits per heavy atom. The summed E-state index contributed by atoms with van der Waals surface area (Å²) in [5, 5.41) is 50.0. The first-order valence-electron chi connectivity index (χ1n) is 23.7. The molecule has 2 fully saturated rings. The molecular weight excluding hydrogens is 815 g/mol. The fraction of sp³-hybridized carbons (Fsp3) is 0.706. The highest BCUT2D eigenvalue weighted by molar-refractivity contribution is 5.96. The quantitative estimate of drug-likeness (QED) is 0.0582. The minimum absolute atomic E-state index is 0.0841. The number of rotatable bonds is 15. The highest BCUT2D eigenvalue weighted by Crippen LogP contribution is 2.31. The molecule has 362 valence electrons. The van der Waals surface area contributed by atoms with Crippen molar-refractivity contribution in [3.63, 3.8) is 0 Å². The Morgan fingerprint density at radius 2 is 1.67 bits per heavy atom. The van der Waals surface area contributed by atoms with Crippen molar-refractivity contribution in [2.24, 2.45) is 40.7 Å². The van der Waals surface area contributed by atoms with Gasteiger partial charge in [-0.1, -0.05) is 107 Å². The molecular formula is C51H83N3O10. The summed E-state index contributed by atoms with van der Waals surface area (Å²) in [7, 11) is 2.88. The molecule has 0 aromatic heterocycles. The normalized spacial score (nSPS) is 29.5. The average Bonchev–Trinajstić information content (AvgIpc) is 3.29. The minimum atomic E-state index is -1.18. The maximum atomic E-state index is 14.0. The van der Waals surface area contributed by atoms with E-state index in [0.29, 0.717) is 43.3 Å². The third-order valence-electron chi connectivity index (χ3n) is 13.6. The Labute approximate surface area is 384 Å². The third kappa shape index (κ3) is 16.4. The number of allylic oxidation sites excluding steroid dienone is 7. The topological polar surface area (TPSA) is 171 Å². The average molecular weight is 898 g/mol. The zero-order valence-corrected chi connectivity index (χ0v) is 40.8. The predicted octanol–water partition coefficient (Wildman–Crippen LogP) is 6.93. The summed E-state index contributed by atoms with van der Waals surface area (Å²) in [6.45, 7) is 20.2. The van der Waals surface area contributed by atoms with E-state index in [1.165, 1.54) is 33.5 Å². The molecule has 13 heteroatoms. The van der Waals surface area contributed by atoms with Crippen LogP contribution in [0.3, 0.4) is 0 Å².